The van der Waals surface area contributed by atoms with Crippen molar-refractivity contribution in [1.82, 2.24) is 9.88 Å². The molecule has 1 heterocycles. The van der Waals surface area contributed by atoms with Crippen molar-refractivity contribution in [3.05, 3.63) is 23.9 Å². The van der Waals surface area contributed by atoms with Crippen LogP contribution in [0.4, 0.5) is 14.6 Å². The van der Waals surface area contributed by atoms with E-state index in [1.54, 1.807) is 0 Å². The van der Waals surface area contributed by atoms with Gasteiger partial charge in [-0.3, -0.25) is 0 Å². The predicted octanol–water partition coefficient (Wildman–Crippen LogP) is 2.50. The van der Waals surface area contributed by atoms with Crippen LogP contribution in [-0.2, 0) is 0 Å². The van der Waals surface area contributed by atoms with Crippen molar-refractivity contribution in [2.24, 2.45) is 0 Å². The molecule has 1 atom stereocenters. The summed E-state index contributed by atoms with van der Waals surface area (Å²) in [5.41, 5.74) is 0. The van der Waals surface area contributed by atoms with Crippen LogP contribution in [0, 0.1) is 11.6 Å². The van der Waals surface area contributed by atoms with Gasteiger partial charge in [0.2, 0.25) is 0 Å². The van der Waals surface area contributed by atoms with Gasteiger partial charge in [0.25, 0.3) is 0 Å². The first kappa shape index (κ1) is 13.8. The highest BCUT2D eigenvalue weighted by atomic mass is 19.1. The standard InChI is InChI=1S/C12H19F2N3/c1-4-17(5-2)8-9(3)16-12-11(14)6-10(13)7-15-12/h6-7,9H,4-5,8H2,1-3H3,(H,15,16). The zero-order valence-electron chi connectivity index (χ0n) is 10.5. The van der Waals surface area contributed by atoms with Gasteiger partial charge in [0.1, 0.15) is 5.82 Å². The van der Waals surface area contributed by atoms with Gasteiger partial charge in [-0.05, 0) is 20.0 Å². The van der Waals surface area contributed by atoms with E-state index in [4.69, 9.17) is 0 Å². The van der Waals surface area contributed by atoms with E-state index < -0.39 is 11.6 Å². The molecular weight excluding hydrogens is 224 g/mol. The molecule has 1 aromatic rings. The van der Waals surface area contributed by atoms with Crippen LogP contribution < -0.4 is 5.32 Å². The Morgan fingerprint density at radius 2 is 2.00 bits per heavy atom. The fourth-order valence-electron chi connectivity index (χ4n) is 1.67. The maximum absolute atomic E-state index is 13.3. The normalized spacial score (nSPS) is 12.8. The predicted molar refractivity (Wildman–Crippen MR) is 65.0 cm³/mol. The largest absolute Gasteiger partial charge is 0.364 e. The van der Waals surface area contributed by atoms with Crippen molar-refractivity contribution < 1.29 is 8.78 Å². The van der Waals surface area contributed by atoms with Crippen molar-refractivity contribution in [2.45, 2.75) is 26.8 Å². The number of nitrogens with zero attached hydrogens (tertiary/aromatic N) is 2. The second-order valence-corrected chi connectivity index (χ2v) is 4.02. The monoisotopic (exact) mass is 243 g/mol. The SMILES string of the molecule is CCN(CC)CC(C)Nc1ncc(F)cc1F. The van der Waals surface area contributed by atoms with Crippen LogP contribution in [0.3, 0.4) is 0 Å². The minimum atomic E-state index is -0.663. The Hall–Kier alpha value is -1.23. The van der Waals surface area contributed by atoms with E-state index in [2.05, 4.69) is 29.0 Å². The number of nitrogens with one attached hydrogen (secondary N) is 1. The summed E-state index contributed by atoms with van der Waals surface area (Å²) in [6, 6.07) is 0.891. The number of halogens is 2. The van der Waals surface area contributed by atoms with E-state index in [-0.39, 0.29) is 11.9 Å². The topological polar surface area (TPSA) is 28.2 Å². The van der Waals surface area contributed by atoms with Crippen molar-refractivity contribution in [3.8, 4) is 0 Å². The van der Waals surface area contributed by atoms with Gasteiger partial charge in [0, 0.05) is 18.7 Å². The summed E-state index contributed by atoms with van der Waals surface area (Å²) in [6.45, 7) is 8.79. The average molecular weight is 243 g/mol. The van der Waals surface area contributed by atoms with Crippen LogP contribution >= 0.6 is 0 Å². The van der Waals surface area contributed by atoms with Crippen LogP contribution in [0.25, 0.3) is 0 Å². The molecule has 1 N–H and O–H groups in total. The molecule has 0 aliphatic heterocycles. The summed E-state index contributed by atoms with van der Waals surface area (Å²) in [7, 11) is 0. The van der Waals surface area contributed by atoms with E-state index in [0.29, 0.717) is 0 Å². The number of aromatic nitrogens is 1. The van der Waals surface area contributed by atoms with Crippen molar-refractivity contribution in [2.75, 3.05) is 25.0 Å². The Morgan fingerprint density at radius 1 is 1.35 bits per heavy atom. The molecule has 0 amide bonds. The van der Waals surface area contributed by atoms with Crippen LogP contribution in [0.1, 0.15) is 20.8 Å². The summed E-state index contributed by atoms with van der Waals surface area (Å²) in [4.78, 5) is 5.92. The maximum Gasteiger partial charge on any atom is 0.168 e. The van der Waals surface area contributed by atoms with Crippen LogP contribution in [-0.4, -0.2) is 35.6 Å². The number of likely N-dealkylation sites (N-methyl/N-ethyl adjacent to an activating group) is 1. The minimum Gasteiger partial charge on any atom is -0.364 e. The molecule has 3 nitrogen and oxygen atoms in total. The molecular formula is C12H19F2N3. The minimum absolute atomic E-state index is 0.0577. The lowest BCUT2D eigenvalue weighted by Gasteiger charge is -2.23. The lowest BCUT2D eigenvalue weighted by molar-refractivity contribution is 0.294. The molecule has 0 saturated carbocycles. The number of hydrogen-bond donors (Lipinski definition) is 1. The summed E-state index contributed by atoms with van der Waals surface area (Å²) in [5.74, 6) is -1.22. The van der Waals surface area contributed by atoms with Gasteiger partial charge in [0.15, 0.2) is 11.6 Å². The number of rotatable bonds is 6. The van der Waals surface area contributed by atoms with Gasteiger partial charge in [-0.1, -0.05) is 13.8 Å². The molecule has 0 spiro atoms. The van der Waals surface area contributed by atoms with Gasteiger partial charge in [-0.15, -0.1) is 0 Å². The molecule has 5 heteroatoms. The summed E-state index contributed by atoms with van der Waals surface area (Å²) < 4.78 is 26.0. The highest BCUT2D eigenvalue weighted by Gasteiger charge is 2.11. The average Bonchev–Trinajstić information content (AvgIpc) is 2.29. The van der Waals surface area contributed by atoms with E-state index in [9.17, 15) is 8.78 Å². The summed E-state index contributed by atoms with van der Waals surface area (Å²) >= 11 is 0. The lowest BCUT2D eigenvalue weighted by Crippen LogP contribution is -2.35. The van der Waals surface area contributed by atoms with Crippen molar-refractivity contribution in [3.63, 3.8) is 0 Å². The van der Waals surface area contributed by atoms with E-state index in [1.807, 2.05) is 6.92 Å². The molecule has 17 heavy (non-hydrogen) atoms. The number of hydrogen-bond acceptors (Lipinski definition) is 3. The van der Waals surface area contributed by atoms with Gasteiger partial charge in [0.05, 0.1) is 6.20 Å². The maximum atomic E-state index is 13.3. The Bertz CT molecular complexity index is 354. The highest BCUT2D eigenvalue weighted by Crippen LogP contribution is 2.12. The van der Waals surface area contributed by atoms with Crippen molar-refractivity contribution in [1.29, 1.82) is 0 Å². The zero-order valence-corrected chi connectivity index (χ0v) is 10.5. The fraction of sp³-hybridized carbons (Fsp3) is 0.583. The van der Waals surface area contributed by atoms with Crippen LogP contribution in [0.5, 0.6) is 0 Å². The lowest BCUT2D eigenvalue weighted by atomic mass is 10.3. The molecule has 0 aromatic carbocycles. The molecule has 0 fully saturated rings. The Labute approximate surface area is 101 Å². The third kappa shape index (κ3) is 4.26. The Balaban J connectivity index is 2.58. The first-order valence-corrected chi connectivity index (χ1v) is 5.86. The first-order chi connectivity index (χ1) is 8.06. The highest BCUT2D eigenvalue weighted by molar-refractivity contribution is 5.36. The third-order valence-corrected chi connectivity index (χ3v) is 2.62. The molecule has 0 saturated heterocycles. The van der Waals surface area contributed by atoms with Crippen molar-refractivity contribution >= 4 is 5.82 Å². The van der Waals surface area contributed by atoms with E-state index in [1.165, 1.54) is 0 Å². The summed E-state index contributed by atoms with van der Waals surface area (Å²) in [6.07, 6.45) is 1.01. The molecule has 0 aliphatic carbocycles. The summed E-state index contributed by atoms with van der Waals surface area (Å²) in [5, 5.41) is 2.94. The molecule has 0 bridgehead atoms. The van der Waals surface area contributed by atoms with Crippen LogP contribution in [0.2, 0.25) is 0 Å². The second-order valence-electron chi connectivity index (χ2n) is 4.02. The fourth-order valence-corrected chi connectivity index (χ4v) is 1.67. The Kier molecular flexibility index (Phi) is 5.28. The smallest absolute Gasteiger partial charge is 0.168 e. The molecule has 1 aromatic heterocycles. The zero-order chi connectivity index (χ0) is 12.8. The molecule has 1 unspecified atom stereocenters. The second kappa shape index (κ2) is 6.49. The van der Waals surface area contributed by atoms with E-state index >= 15 is 0 Å². The molecule has 1 rings (SSSR count). The number of anilines is 1. The van der Waals surface area contributed by atoms with E-state index in [0.717, 1.165) is 31.9 Å². The van der Waals surface area contributed by atoms with Gasteiger partial charge in [-0.25, -0.2) is 13.8 Å². The van der Waals surface area contributed by atoms with Gasteiger partial charge in [-0.2, -0.15) is 0 Å². The van der Waals surface area contributed by atoms with Gasteiger partial charge < -0.3 is 10.2 Å². The molecule has 0 radical (unpaired) electrons. The quantitative estimate of drug-likeness (QED) is 0.832. The molecule has 0 aliphatic rings. The first-order valence-electron chi connectivity index (χ1n) is 5.86. The Morgan fingerprint density at radius 3 is 2.53 bits per heavy atom. The molecule has 96 valence electrons. The van der Waals surface area contributed by atoms with Crippen LogP contribution in [0.15, 0.2) is 12.3 Å². The van der Waals surface area contributed by atoms with Gasteiger partial charge >= 0.3 is 0 Å². The number of pyridine rings is 1. The third-order valence-electron chi connectivity index (χ3n) is 2.62.